The lowest BCUT2D eigenvalue weighted by Crippen LogP contribution is -1.97. The number of hydrogen-bond donors (Lipinski definition) is 0. The molecule has 12 heavy (non-hydrogen) atoms. The van der Waals surface area contributed by atoms with Crippen LogP contribution in [0.1, 0.15) is 0 Å². The van der Waals surface area contributed by atoms with Gasteiger partial charge in [0, 0.05) is 12.4 Å². The van der Waals surface area contributed by atoms with Crippen molar-refractivity contribution in [2.75, 3.05) is 0 Å². The molecule has 0 fully saturated rings. The number of aliphatic imine (C=N–C) groups is 2. The molecule has 0 aromatic rings. The maximum atomic E-state index is 5.05. The molecule has 0 spiro atoms. The second-order valence-corrected chi connectivity index (χ2v) is 2.06. The van der Waals surface area contributed by atoms with Gasteiger partial charge in [-0.05, 0) is 12.2 Å². The molecule has 4 heteroatoms. The van der Waals surface area contributed by atoms with E-state index in [0.717, 1.165) is 0 Å². The molecule has 0 unspecified atom stereocenters. The molecule has 60 valence electrons. The van der Waals surface area contributed by atoms with E-state index in [1.807, 2.05) is 0 Å². The van der Waals surface area contributed by atoms with E-state index in [2.05, 4.69) is 9.98 Å². The molecule has 0 saturated carbocycles. The van der Waals surface area contributed by atoms with Crippen LogP contribution >= 0.6 is 0 Å². The summed E-state index contributed by atoms with van der Waals surface area (Å²) in [6.07, 6.45) is 9.64. The molecule has 0 aromatic heterocycles. The van der Waals surface area contributed by atoms with Crippen molar-refractivity contribution in [3.8, 4) is 0 Å². The van der Waals surface area contributed by atoms with E-state index in [0.29, 0.717) is 11.8 Å². The van der Waals surface area contributed by atoms with E-state index in [-0.39, 0.29) is 0 Å². The Labute approximate surface area is 69.2 Å². The van der Waals surface area contributed by atoms with Crippen LogP contribution in [0.25, 0.3) is 0 Å². The fraction of sp³-hybridized carbons (Fsp3) is 0. The lowest BCUT2D eigenvalue weighted by Gasteiger charge is -2.08. The summed E-state index contributed by atoms with van der Waals surface area (Å²) in [5.74, 6) is 0.746. The lowest BCUT2D eigenvalue weighted by molar-refractivity contribution is 0.268. The van der Waals surface area contributed by atoms with Gasteiger partial charge in [-0.25, -0.2) is 9.98 Å². The van der Waals surface area contributed by atoms with Gasteiger partial charge in [-0.1, -0.05) is 0 Å². The predicted octanol–water partition coefficient (Wildman–Crippen LogP) is 1.34. The monoisotopic (exact) mass is 162 g/mol. The third-order valence-corrected chi connectivity index (χ3v) is 1.26. The number of rotatable bonds is 0. The smallest absolute Gasteiger partial charge is 0.283 e. The first-order valence-corrected chi connectivity index (χ1v) is 3.43. The fourth-order valence-electron chi connectivity index (χ4n) is 0.771. The Balaban J connectivity index is 2.25. The molecule has 0 N–H and O–H groups in total. The lowest BCUT2D eigenvalue weighted by atomic mass is 10.6. The Morgan fingerprint density at radius 3 is 1.67 bits per heavy atom. The van der Waals surface area contributed by atoms with Crippen molar-refractivity contribution >= 4 is 12.4 Å². The maximum absolute atomic E-state index is 5.05. The molecule has 0 saturated heterocycles. The van der Waals surface area contributed by atoms with Gasteiger partial charge in [-0.3, -0.25) is 0 Å². The van der Waals surface area contributed by atoms with Gasteiger partial charge in [-0.15, -0.1) is 0 Å². The summed E-state index contributed by atoms with van der Waals surface area (Å²) in [7, 11) is 0. The number of hydrogen-bond acceptors (Lipinski definition) is 4. The van der Waals surface area contributed by atoms with Crippen LogP contribution < -0.4 is 0 Å². The second-order valence-electron chi connectivity index (χ2n) is 2.06. The van der Waals surface area contributed by atoms with Crippen molar-refractivity contribution in [1.29, 1.82) is 0 Å². The quantitative estimate of drug-likeness (QED) is 0.539. The molecule has 0 radical (unpaired) electrons. The molecule has 2 aliphatic heterocycles. The molecule has 2 rings (SSSR count). The minimum absolute atomic E-state index is 0.373. The first-order chi connectivity index (χ1) is 5.97. The van der Waals surface area contributed by atoms with Crippen LogP contribution in [0, 0.1) is 0 Å². The zero-order chi connectivity index (χ0) is 8.23. The predicted molar refractivity (Wildman–Crippen MR) is 44.5 cm³/mol. The van der Waals surface area contributed by atoms with Gasteiger partial charge in [0.1, 0.15) is 0 Å². The fourth-order valence-corrected chi connectivity index (χ4v) is 0.771. The number of allylic oxidation sites excluding steroid dienone is 2. The SMILES string of the molecule is C1=COC(=C2N=CC=CO2)N=C1. The van der Waals surface area contributed by atoms with E-state index in [9.17, 15) is 0 Å². The van der Waals surface area contributed by atoms with E-state index >= 15 is 0 Å². The minimum atomic E-state index is 0.373. The highest BCUT2D eigenvalue weighted by Crippen LogP contribution is 2.15. The molecule has 0 bridgehead atoms. The van der Waals surface area contributed by atoms with Gasteiger partial charge in [0.05, 0.1) is 12.5 Å². The Kier molecular flexibility index (Phi) is 1.74. The van der Waals surface area contributed by atoms with Crippen molar-refractivity contribution in [3.05, 3.63) is 36.4 Å². The number of ether oxygens (including phenoxy) is 2. The van der Waals surface area contributed by atoms with Crippen molar-refractivity contribution in [1.82, 2.24) is 0 Å². The molecule has 0 aliphatic carbocycles. The molecular formula is C8H6N2O2. The molecule has 0 atom stereocenters. The molecular weight excluding hydrogens is 156 g/mol. The van der Waals surface area contributed by atoms with Crippen molar-refractivity contribution < 1.29 is 9.47 Å². The van der Waals surface area contributed by atoms with Crippen molar-refractivity contribution in [2.45, 2.75) is 0 Å². The Bertz CT molecular complexity index is 292. The molecule has 2 heterocycles. The summed E-state index contributed by atoms with van der Waals surface area (Å²) in [5, 5.41) is 0. The highest BCUT2D eigenvalue weighted by molar-refractivity contribution is 5.74. The Morgan fingerprint density at radius 2 is 1.33 bits per heavy atom. The summed E-state index contributed by atoms with van der Waals surface area (Å²) in [4.78, 5) is 7.85. The van der Waals surface area contributed by atoms with Gasteiger partial charge in [0.25, 0.3) is 11.8 Å². The zero-order valence-corrected chi connectivity index (χ0v) is 6.18. The maximum Gasteiger partial charge on any atom is 0.283 e. The van der Waals surface area contributed by atoms with Crippen molar-refractivity contribution in [3.63, 3.8) is 0 Å². The first-order valence-electron chi connectivity index (χ1n) is 3.43. The van der Waals surface area contributed by atoms with Crippen molar-refractivity contribution in [2.24, 2.45) is 9.98 Å². The van der Waals surface area contributed by atoms with Crippen LogP contribution in [0.15, 0.2) is 46.4 Å². The van der Waals surface area contributed by atoms with Crippen LogP contribution in [-0.4, -0.2) is 12.4 Å². The zero-order valence-electron chi connectivity index (χ0n) is 6.18. The second kappa shape index (κ2) is 3.04. The average Bonchev–Trinajstić information content (AvgIpc) is 2.21. The van der Waals surface area contributed by atoms with E-state index in [1.54, 1.807) is 24.6 Å². The van der Waals surface area contributed by atoms with Crippen LogP contribution in [0.4, 0.5) is 0 Å². The van der Waals surface area contributed by atoms with Gasteiger partial charge >= 0.3 is 0 Å². The topological polar surface area (TPSA) is 43.2 Å². The first kappa shape index (κ1) is 6.84. The van der Waals surface area contributed by atoms with Gasteiger partial charge in [0.15, 0.2) is 0 Å². The van der Waals surface area contributed by atoms with E-state index in [4.69, 9.17) is 9.47 Å². The standard InChI is InChI=1S/C8H6N2O2/c1-3-9-7(11-5-1)8-10-4-2-6-12-8/h1-6H. The molecule has 0 amide bonds. The van der Waals surface area contributed by atoms with Crippen LogP contribution in [0.5, 0.6) is 0 Å². The molecule has 4 nitrogen and oxygen atoms in total. The molecule has 2 aliphatic rings. The average molecular weight is 162 g/mol. The summed E-state index contributed by atoms with van der Waals surface area (Å²) in [6, 6.07) is 0. The molecule has 0 aromatic carbocycles. The summed E-state index contributed by atoms with van der Waals surface area (Å²) in [5.41, 5.74) is 0. The van der Waals surface area contributed by atoms with Crippen LogP contribution in [-0.2, 0) is 9.47 Å². The summed E-state index contributed by atoms with van der Waals surface area (Å²) < 4.78 is 10.1. The number of nitrogens with zero attached hydrogens (tertiary/aromatic N) is 2. The van der Waals surface area contributed by atoms with Gasteiger partial charge < -0.3 is 9.47 Å². The minimum Gasteiger partial charge on any atom is -0.443 e. The summed E-state index contributed by atoms with van der Waals surface area (Å²) in [6.45, 7) is 0. The Morgan fingerprint density at radius 1 is 0.833 bits per heavy atom. The third-order valence-electron chi connectivity index (χ3n) is 1.26. The largest absolute Gasteiger partial charge is 0.443 e. The van der Waals surface area contributed by atoms with Gasteiger partial charge in [-0.2, -0.15) is 0 Å². The highest BCUT2D eigenvalue weighted by Gasteiger charge is 2.08. The van der Waals surface area contributed by atoms with E-state index < -0.39 is 0 Å². The highest BCUT2D eigenvalue weighted by atomic mass is 16.5. The Hall–Kier alpha value is -1.84. The van der Waals surface area contributed by atoms with Gasteiger partial charge in [0.2, 0.25) is 0 Å². The van der Waals surface area contributed by atoms with Crippen LogP contribution in [0.2, 0.25) is 0 Å². The third kappa shape index (κ3) is 1.27. The van der Waals surface area contributed by atoms with E-state index in [1.165, 1.54) is 12.5 Å². The van der Waals surface area contributed by atoms with Crippen LogP contribution in [0.3, 0.4) is 0 Å². The normalized spacial score (nSPS) is 25.3. The summed E-state index contributed by atoms with van der Waals surface area (Å²) >= 11 is 0.